The largest absolute Gasteiger partial charge is 0.573 e. The van der Waals surface area contributed by atoms with E-state index in [1.807, 2.05) is 18.2 Å². The Morgan fingerprint density at radius 1 is 1.00 bits per heavy atom. The molecule has 1 aliphatic heterocycles. The Balaban J connectivity index is 1.45. The van der Waals surface area contributed by atoms with Gasteiger partial charge in [0.15, 0.2) is 10.9 Å². The van der Waals surface area contributed by atoms with E-state index in [0.717, 1.165) is 12.0 Å². The van der Waals surface area contributed by atoms with Crippen LogP contribution >= 0.6 is 11.8 Å². The third-order valence-electron chi connectivity index (χ3n) is 5.58. The number of carbonyl (C=O) groups excluding carboxylic acids is 1. The van der Waals surface area contributed by atoms with Crippen LogP contribution in [0.5, 0.6) is 5.75 Å². The molecule has 184 valence electrons. The van der Waals surface area contributed by atoms with Gasteiger partial charge in [-0.2, -0.15) is 0 Å². The molecule has 0 saturated heterocycles. The first-order chi connectivity index (χ1) is 17.4. The van der Waals surface area contributed by atoms with Crippen molar-refractivity contribution < 1.29 is 22.7 Å². The molecule has 1 aliphatic rings. The Hall–Kier alpha value is -3.93. The van der Waals surface area contributed by atoms with E-state index in [9.17, 15) is 18.0 Å². The molecule has 5 rings (SSSR count). The summed E-state index contributed by atoms with van der Waals surface area (Å²) in [6.45, 7) is 1.00. The number of hydrogen-bond donors (Lipinski definition) is 0. The Bertz CT molecular complexity index is 1360. The summed E-state index contributed by atoms with van der Waals surface area (Å²) in [4.78, 5) is 23.6. The van der Waals surface area contributed by atoms with E-state index in [1.54, 1.807) is 23.4 Å². The number of rotatable bonds is 6. The molecule has 0 unspecified atom stereocenters. The summed E-state index contributed by atoms with van der Waals surface area (Å²) in [5.74, 6) is -0.357. The lowest BCUT2D eigenvalue weighted by Gasteiger charge is -2.28. The summed E-state index contributed by atoms with van der Waals surface area (Å²) >= 11 is 1.30. The van der Waals surface area contributed by atoms with E-state index in [1.165, 1.54) is 46.3 Å². The van der Waals surface area contributed by atoms with Crippen molar-refractivity contribution in [3.63, 3.8) is 0 Å². The number of halogens is 3. The zero-order chi connectivity index (χ0) is 25.1. The summed E-state index contributed by atoms with van der Waals surface area (Å²) in [6, 6.07) is 14.9. The number of ether oxygens (including phenoxy) is 1. The Morgan fingerprint density at radius 2 is 1.72 bits per heavy atom. The molecule has 0 fully saturated rings. The predicted octanol–water partition coefficient (Wildman–Crippen LogP) is 4.45. The van der Waals surface area contributed by atoms with E-state index in [4.69, 9.17) is 0 Å². The van der Waals surface area contributed by atoms with Gasteiger partial charge in [0.1, 0.15) is 5.75 Å². The number of alkyl halides is 3. The van der Waals surface area contributed by atoms with Gasteiger partial charge < -0.3 is 9.64 Å². The van der Waals surface area contributed by atoms with Gasteiger partial charge in [-0.05, 0) is 47.9 Å². The monoisotopic (exact) mass is 512 g/mol. The number of fused-ring (bicyclic) bond motifs is 1. The Kier molecular flexibility index (Phi) is 6.59. The van der Waals surface area contributed by atoms with Crippen LogP contribution in [0.2, 0.25) is 0 Å². The van der Waals surface area contributed by atoms with Gasteiger partial charge in [-0.1, -0.05) is 41.2 Å². The highest BCUT2D eigenvalue weighted by Crippen LogP contribution is 2.28. The molecule has 1 amide bonds. The van der Waals surface area contributed by atoms with Crippen LogP contribution in [0.15, 0.2) is 72.1 Å². The lowest BCUT2D eigenvalue weighted by molar-refractivity contribution is -0.274. The van der Waals surface area contributed by atoms with Gasteiger partial charge in [0.05, 0.1) is 11.4 Å². The van der Waals surface area contributed by atoms with Crippen molar-refractivity contribution in [3.8, 4) is 11.4 Å². The maximum Gasteiger partial charge on any atom is 0.573 e. The molecule has 0 spiro atoms. The van der Waals surface area contributed by atoms with Crippen molar-refractivity contribution in [1.82, 2.24) is 29.9 Å². The van der Waals surface area contributed by atoms with Crippen molar-refractivity contribution in [2.45, 2.75) is 30.2 Å². The number of benzene rings is 2. The first-order valence-corrected chi connectivity index (χ1v) is 11.9. The molecule has 4 aromatic rings. The van der Waals surface area contributed by atoms with Crippen LogP contribution in [-0.4, -0.2) is 48.7 Å². The van der Waals surface area contributed by atoms with Crippen LogP contribution in [0.25, 0.3) is 5.69 Å². The van der Waals surface area contributed by atoms with E-state index >= 15 is 0 Å². The summed E-state index contributed by atoms with van der Waals surface area (Å²) < 4.78 is 43.0. The van der Waals surface area contributed by atoms with Gasteiger partial charge >= 0.3 is 6.36 Å². The van der Waals surface area contributed by atoms with Crippen molar-refractivity contribution in [3.05, 3.63) is 89.5 Å². The first-order valence-electron chi connectivity index (χ1n) is 10.9. The maximum atomic E-state index is 13.5. The third-order valence-corrected chi connectivity index (χ3v) is 6.47. The second kappa shape index (κ2) is 9.97. The highest BCUT2D eigenvalue weighted by molar-refractivity contribution is 7.98. The maximum absolute atomic E-state index is 13.5. The van der Waals surface area contributed by atoms with Crippen LogP contribution in [0, 0.1) is 0 Å². The number of carbonyl (C=O) groups is 1. The summed E-state index contributed by atoms with van der Waals surface area (Å²) in [7, 11) is 0. The molecule has 8 nitrogen and oxygen atoms in total. The van der Waals surface area contributed by atoms with Crippen LogP contribution in [0.4, 0.5) is 13.2 Å². The van der Waals surface area contributed by atoms with Crippen molar-refractivity contribution in [2.75, 3.05) is 6.54 Å². The standard InChI is InChI=1S/C24H19F3N6O2S/c25-24(26,27)35-19-8-6-18(7-9-19)33-20(15-36-23-28-11-3-12-29-23)21(30-31-33)22(34)32-13-10-16-4-1-2-5-17(16)14-32/h1-9,11-12H,10,13-15H2. The summed E-state index contributed by atoms with van der Waals surface area (Å²) in [5.41, 5.74) is 3.39. The minimum Gasteiger partial charge on any atom is -0.406 e. The van der Waals surface area contributed by atoms with Crippen LogP contribution < -0.4 is 4.74 Å². The summed E-state index contributed by atoms with van der Waals surface area (Å²) in [5, 5.41) is 8.84. The molecule has 2 aromatic heterocycles. The van der Waals surface area contributed by atoms with Gasteiger partial charge in [0, 0.05) is 31.2 Å². The molecule has 12 heteroatoms. The second-order valence-corrected chi connectivity index (χ2v) is 8.85. The van der Waals surface area contributed by atoms with Gasteiger partial charge in [-0.15, -0.1) is 18.3 Å². The molecular formula is C24H19F3N6O2S. The topological polar surface area (TPSA) is 86.0 Å². The highest BCUT2D eigenvalue weighted by atomic mass is 32.2. The molecule has 0 radical (unpaired) electrons. The Labute approximate surface area is 208 Å². The summed E-state index contributed by atoms with van der Waals surface area (Å²) in [6.07, 6.45) is -0.833. The third kappa shape index (κ3) is 5.33. The van der Waals surface area contributed by atoms with Crippen molar-refractivity contribution in [1.29, 1.82) is 0 Å². The molecule has 3 heterocycles. The Morgan fingerprint density at radius 3 is 2.44 bits per heavy atom. The SMILES string of the molecule is O=C(c1nnn(-c2ccc(OC(F)(F)F)cc2)c1CSc1ncccn1)N1CCc2ccccc2C1. The minimum absolute atomic E-state index is 0.174. The number of thioether (sulfide) groups is 1. The van der Waals surface area contributed by atoms with Crippen LogP contribution in [-0.2, 0) is 18.7 Å². The fourth-order valence-electron chi connectivity index (χ4n) is 3.91. The second-order valence-electron chi connectivity index (χ2n) is 7.90. The quantitative estimate of drug-likeness (QED) is 0.279. The lowest BCUT2D eigenvalue weighted by atomic mass is 10.00. The zero-order valence-electron chi connectivity index (χ0n) is 18.7. The van der Waals surface area contributed by atoms with E-state index < -0.39 is 6.36 Å². The number of aromatic nitrogens is 5. The number of amides is 1. The minimum atomic E-state index is -4.79. The molecular weight excluding hydrogens is 493 g/mol. The molecule has 0 bridgehead atoms. The fourth-order valence-corrected chi connectivity index (χ4v) is 4.70. The fraction of sp³-hybridized carbons (Fsp3) is 0.208. The molecule has 0 N–H and O–H groups in total. The van der Waals surface area contributed by atoms with Crippen LogP contribution in [0.1, 0.15) is 27.3 Å². The van der Waals surface area contributed by atoms with E-state index in [-0.39, 0.29) is 23.1 Å². The molecule has 36 heavy (non-hydrogen) atoms. The van der Waals surface area contributed by atoms with Crippen molar-refractivity contribution >= 4 is 17.7 Å². The number of hydrogen-bond acceptors (Lipinski definition) is 7. The zero-order valence-corrected chi connectivity index (χ0v) is 19.5. The smallest absolute Gasteiger partial charge is 0.406 e. The molecule has 0 atom stereocenters. The lowest BCUT2D eigenvalue weighted by Crippen LogP contribution is -2.36. The van der Waals surface area contributed by atoms with Gasteiger partial charge in [-0.25, -0.2) is 14.6 Å². The molecule has 2 aromatic carbocycles. The van der Waals surface area contributed by atoms with Crippen LogP contribution in [0.3, 0.4) is 0 Å². The van der Waals surface area contributed by atoms with Crippen molar-refractivity contribution in [2.24, 2.45) is 0 Å². The van der Waals surface area contributed by atoms with E-state index in [0.29, 0.717) is 29.6 Å². The number of nitrogens with zero attached hydrogens (tertiary/aromatic N) is 6. The average Bonchev–Trinajstić information content (AvgIpc) is 3.30. The highest BCUT2D eigenvalue weighted by Gasteiger charge is 2.31. The molecule has 0 aliphatic carbocycles. The normalized spacial score (nSPS) is 13.4. The van der Waals surface area contributed by atoms with E-state index in [2.05, 4.69) is 31.1 Å². The first kappa shape index (κ1) is 23.8. The molecule has 0 saturated carbocycles. The average molecular weight is 513 g/mol. The van der Waals surface area contributed by atoms with Gasteiger partial charge in [0.2, 0.25) is 0 Å². The predicted molar refractivity (Wildman–Crippen MR) is 125 cm³/mol. The van der Waals surface area contributed by atoms with Gasteiger partial charge in [-0.3, -0.25) is 4.79 Å². The van der Waals surface area contributed by atoms with Gasteiger partial charge in [0.25, 0.3) is 5.91 Å².